The molecule has 0 heterocycles. The molecule has 0 nitrogen and oxygen atoms in total. The number of rotatable bonds is 1. The van der Waals surface area contributed by atoms with E-state index < -0.39 is 0 Å². The third-order valence-corrected chi connectivity index (χ3v) is 3.94. The van der Waals surface area contributed by atoms with Crippen LogP contribution in [0.3, 0.4) is 0 Å². The number of fused-ring (bicyclic) bond motifs is 1. The molecule has 0 saturated carbocycles. The molecule has 0 saturated heterocycles. The topological polar surface area (TPSA) is 0 Å². The molecule has 0 fully saturated rings. The molecule has 0 N–H and O–H groups in total. The molecular weight excluding hydrogens is 168 g/mol. The molecule has 76 valence electrons. The third-order valence-electron chi connectivity index (χ3n) is 3.94. The molecule has 0 atom stereocenters. The summed E-state index contributed by atoms with van der Waals surface area (Å²) in [6.07, 6.45) is 5.18. The second-order valence-corrected chi connectivity index (χ2v) is 4.52. The van der Waals surface area contributed by atoms with E-state index in [9.17, 15) is 0 Å². The van der Waals surface area contributed by atoms with Crippen molar-refractivity contribution in [1.29, 1.82) is 0 Å². The van der Waals surface area contributed by atoms with Crippen molar-refractivity contribution in [2.45, 2.75) is 53.4 Å². The molecule has 0 unspecified atom stereocenters. The zero-order chi connectivity index (χ0) is 10.3. The van der Waals surface area contributed by atoms with E-state index >= 15 is 0 Å². The molecule has 1 aliphatic rings. The van der Waals surface area contributed by atoms with Crippen molar-refractivity contribution in [3.05, 3.63) is 33.4 Å². The lowest BCUT2D eigenvalue weighted by molar-refractivity contribution is 0.906. The summed E-state index contributed by atoms with van der Waals surface area (Å²) in [4.78, 5) is 0. The Morgan fingerprint density at radius 3 is 2.00 bits per heavy atom. The van der Waals surface area contributed by atoms with Crippen LogP contribution in [0.4, 0.5) is 0 Å². The minimum absolute atomic E-state index is 1.19. The highest BCUT2D eigenvalue weighted by molar-refractivity contribution is 5.52. The second kappa shape index (κ2) is 3.42. The van der Waals surface area contributed by atoms with Gasteiger partial charge in [-0.05, 0) is 79.8 Å². The lowest BCUT2D eigenvalue weighted by Gasteiger charge is -2.17. The van der Waals surface area contributed by atoms with Crippen LogP contribution in [0.5, 0.6) is 0 Å². The van der Waals surface area contributed by atoms with E-state index in [2.05, 4.69) is 27.7 Å². The summed E-state index contributed by atoms with van der Waals surface area (Å²) in [5.41, 5.74) is 9.64. The third kappa shape index (κ3) is 1.20. The Morgan fingerprint density at radius 2 is 1.43 bits per heavy atom. The van der Waals surface area contributed by atoms with E-state index in [1.807, 2.05) is 0 Å². The van der Waals surface area contributed by atoms with Crippen molar-refractivity contribution in [3.63, 3.8) is 0 Å². The molecule has 1 aromatic rings. The van der Waals surface area contributed by atoms with Gasteiger partial charge >= 0.3 is 0 Å². The van der Waals surface area contributed by atoms with Gasteiger partial charge in [-0.15, -0.1) is 0 Å². The first-order valence-electron chi connectivity index (χ1n) is 5.77. The number of benzene rings is 1. The quantitative estimate of drug-likeness (QED) is 0.631. The predicted octanol–water partition coefficient (Wildman–Crippen LogP) is 3.66. The molecule has 2 rings (SSSR count). The van der Waals surface area contributed by atoms with Gasteiger partial charge in [0.1, 0.15) is 0 Å². The van der Waals surface area contributed by atoms with Crippen LogP contribution in [-0.4, -0.2) is 0 Å². The standard InChI is InChI=1S/C14H20/c1-5-12-9(2)10(3)13-7-6-8-14(13)11(12)4/h5-8H2,1-4H3. The van der Waals surface area contributed by atoms with Gasteiger partial charge in [0.05, 0.1) is 0 Å². The maximum atomic E-state index is 2.31. The van der Waals surface area contributed by atoms with Gasteiger partial charge in [0, 0.05) is 0 Å². The van der Waals surface area contributed by atoms with Crippen LogP contribution in [0.15, 0.2) is 0 Å². The summed E-state index contributed by atoms with van der Waals surface area (Å²) >= 11 is 0. The van der Waals surface area contributed by atoms with Crippen molar-refractivity contribution >= 4 is 0 Å². The summed E-state index contributed by atoms with van der Waals surface area (Å²) in [7, 11) is 0. The highest BCUT2D eigenvalue weighted by Gasteiger charge is 2.19. The predicted molar refractivity (Wildman–Crippen MR) is 62.1 cm³/mol. The van der Waals surface area contributed by atoms with Crippen molar-refractivity contribution in [3.8, 4) is 0 Å². The molecule has 0 bridgehead atoms. The molecule has 0 aliphatic heterocycles. The Balaban J connectivity index is 2.73. The van der Waals surface area contributed by atoms with Gasteiger partial charge in [0.15, 0.2) is 0 Å². The van der Waals surface area contributed by atoms with Crippen molar-refractivity contribution < 1.29 is 0 Å². The summed E-state index contributed by atoms with van der Waals surface area (Å²) in [6.45, 7) is 9.18. The van der Waals surface area contributed by atoms with Crippen molar-refractivity contribution in [2.75, 3.05) is 0 Å². The van der Waals surface area contributed by atoms with E-state index in [4.69, 9.17) is 0 Å². The van der Waals surface area contributed by atoms with E-state index in [1.165, 1.54) is 25.7 Å². The van der Waals surface area contributed by atoms with Gasteiger partial charge < -0.3 is 0 Å². The van der Waals surface area contributed by atoms with Gasteiger partial charge in [-0.25, -0.2) is 0 Å². The Kier molecular flexibility index (Phi) is 2.38. The van der Waals surface area contributed by atoms with Gasteiger partial charge in [0.2, 0.25) is 0 Å². The van der Waals surface area contributed by atoms with Gasteiger partial charge in [-0.2, -0.15) is 0 Å². The first kappa shape index (κ1) is 9.76. The minimum atomic E-state index is 1.19. The summed E-state index contributed by atoms with van der Waals surface area (Å²) in [5, 5.41) is 0. The molecule has 14 heavy (non-hydrogen) atoms. The second-order valence-electron chi connectivity index (χ2n) is 4.52. The zero-order valence-corrected chi connectivity index (χ0v) is 9.83. The first-order chi connectivity index (χ1) is 6.66. The van der Waals surface area contributed by atoms with Gasteiger partial charge in [-0.1, -0.05) is 6.92 Å². The van der Waals surface area contributed by atoms with Crippen LogP contribution < -0.4 is 0 Å². The molecule has 1 aromatic carbocycles. The largest absolute Gasteiger partial charge is 0.0613 e. The maximum Gasteiger partial charge on any atom is -0.0270 e. The van der Waals surface area contributed by atoms with Gasteiger partial charge in [-0.3, -0.25) is 0 Å². The zero-order valence-electron chi connectivity index (χ0n) is 9.83. The molecule has 1 aliphatic carbocycles. The van der Waals surface area contributed by atoms with E-state index in [0.717, 1.165) is 0 Å². The van der Waals surface area contributed by atoms with Crippen LogP contribution in [0, 0.1) is 20.8 Å². The SMILES string of the molecule is CCc1c(C)c(C)c2c(c1C)CCC2. The van der Waals surface area contributed by atoms with E-state index in [1.54, 1.807) is 33.4 Å². The molecule has 0 spiro atoms. The van der Waals surface area contributed by atoms with E-state index in [0.29, 0.717) is 0 Å². The van der Waals surface area contributed by atoms with Gasteiger partial charge in [0.25, 0.3) is 0 Å². The Morgan fingerprint density at radius 1 is 0.857 bits per heavy atom. The molecule has 0 heteroatoms. The molecule has 0 aromatic heterocycles. The average Bonchev–Trinajstić information content (AvgIpc) is 2.64. The fraction of sp³-hybridized carbons (Fsp3) is 0.571. The van der Waals surface area contributed by atoms with Crippen LogP contribution in [0.2, 0.25) is 0 Å². The lowest BCUT2D eigenvalue weighted by Crippen LogP contribution is -2.02. The van der Waals surface area contributed by atoms with Crippen molar-refractivity contribution in [2.24, 2.45) is 0 Å². The maximum absolute atomic E-state index is 2.31. The number of hydrogen-bond acceptors (Lipinski definition) is 0. The van der Waals surface area contributed by atoms with Crippen LogP contribution in [0.25, 0.3) is 0 Å². The summed E-state index contributed by atoms with van der Waals surface area (Å²) < 4.78 is 0. The highest BCUT2D eigenvalue weighted by Crippen LogP contribution is 2.33. The van der Waals surface area contributed by atoms with Crippen LogP contribution in [0.1, 0.15) is 46.7 Å². The Hall–Kier alpha value is -0.780. The summed E-state index contributed by atoms with van der Waals surface area (Å²) in [6, 6.07) is 0. The Bertz CT molecular complexity index is 366. The van der Waals surface area contributed by atoms with Crippen LogP contribution >= 0.6 is 0 Å². The molecule has 0 radical (unpaired) electrons. The van der Waals surface area contributed by atoms with Crippen LogP contribution in [-0.2, 0) is 19.3 Å². The fourth-order valence-electron chi connectivity index (χ4n) is 3.02. The minimum Gasteiger partial charge on any atom is -0.0613 e. The van der Waals surface area contributed by atoms with E-state index in [-0.39, 0.29) is 0 Å². The first-order valence-corrected chi connectivity index (χ1v) is 5.77. The summed E-state index contributed by atoms with van der Waals surface area (Å²) in [5.74, 6) is 0. The molecular formula is C14H20. The average molecular weight is 188 g/mol. The van der Waals surface area contributed by atoms with Crippen molar-refractivity contribution in [1.82, 2.24) is 0 Å². The normalized spacial score (nSPS) is 14.6. The fourth-order valence-corrected chi connectivity index (χ4v) is 3.02. The lowest BCUT2D eigenvalue weighted by atomic mass is 9.89. The Labute approximate surface area is 87.3 Å². The number of hydrogen-bond donors (Lipinski definition) is 0. The smallest absolute Gasteiger partial charge is 0.0270 e. The highest BCUT2D eigenvalue weighted by atomic mass is 14.2. The molecule has 0 amide bonds. The monoisotopic (exact) mass is 188 g/mol.